The number of amides is 1. The summed E-state index contributed by atoms with van der Waals surface area (Å²) in [6.45, 7) is 0. The van der Waals surface area contributed by atoms with Gasteiger partial charge in [0.2, 0.25) is 5.91 Å². The number of hydrogen-bond donors (Lipinski definition) is 0. The molecule has 6 heteroatoms. The first-order valence-corrected chi connectivity index (χ1v) is 8.41. The van der Waals surface area contributed by atoms with Crippen molar-refractivity contribution < 1.29 is 4.79 Å². The molecule has 0 unspecified atom stereocenters. The summed E-state index contributed by atoms with van der Waals surface area (Å²) in [7, 11) is 1.77. The third-order valence-corrected chi connectivity index (χ3v) is 4.38. The van der Waals surface area contributed by atoms with Gasteiger partial charge in [-0.05, 0) is 36.4 Å². The van der Waals surface area contributed by atoms with Crippen molar-refractivity contribution in [1.82, 2.24) is 15.2 Å². The Morgan fingerprint density at radius 3 is 2.42 bits per heavy atom. The maximum atomic E-state index is 12.3. The first-order chi connectivity index (χ1) is 11.7. The molecule has 0 N–H and O–H groups in total. The predicted molar refractivity (Wildman–Crippen MR) is 95.8 cm³/mol. The maximum Gasteiger partial charge on any atom is 0.237 e. The van der Waals surface area contributed by atoms with E-state index < -0.39 is 0 Å². The molecule has 0 radical (unpaired) electrons. The molecule has 2 heterocycles. The van der Waals surface area contributed by atoms with Gasteiger partial charge >= 0.3 is 0 Å². The lowest BCUT2D eigenvalue weighted by atomic mass is 10.2. The maximum absolute atomic E-state index is 12.3. The Labute approximate surface area is 144 Å². The summed E-state index contributed by atoms with van der Waals surface area (Å²) >= 11 is 1.38. The van der Waals surface area contributed by atoms with E-state index in [1.54, 1.807) is 24.3 Å². The van der Waals surface area contributed by atoms with Crippen LogP contribution in [0, 0.1) is 0 Å². The van der Waals surface area contributed by atoms with Gasteiger partial charge in [0, 0.05) is 30.7 Å². The monoisotopic (exact) mass is 336 g/mol. The highest BCUT2D eigenvalue weighted by atomic mass is 32.2. The lowest BCUT2D eigenvalue weighted by Crippen LogP contribution is -2.27. The largest absolute Gasteiger partial charge is 0.315 e. The molecular weight excluding hydrogens is 320 g/mol. The van der Waals surface area contributed by atoms with Crippen molar-refractivity contribution in [2.24, 2.45) is 0 Å². The summed E-state index contributed by atoms with van der Waals surface area (Å²) in [4.78, 5) is 17.9. The van der Waals surface area contributed by atoms with E-state index in [-0.39, 0.29) is 5.91 Å². The lowest BCUT2D eigenvalue weighted by molar-refractivity contribution is -0.115. The molecule has 3 aromatic rings. The van der Waals surface area contributed by atoms with Crippen LogP contribution in [0.1, 0.15) is 0 Å². The second kappa shape index (κ2) is 7.70. The summed E-state index contributed by atoms with van der Waals surface area (Å²) in [6, 6.07) is 17.1. The van der Waals surface area contributed by atoms with Gasteiger partial charge < -0.3 is 4.90 Å². The molecule has 3 rings (SSSR count). The Bertz CT molecular complexity index is 794. The molecule has 0 aliphatic carbocycles. The number of carbonyl (C=O) groups is 1. The number of nitrogens with zero attached hydrogens (tertiary/aromatic N) is 4. The fourth-order valence-corrected chi connectivity index (χ4v) is 2.83. The molecule has 0 aliphatic rings. The molecule has 0 spiro atoms. The van der Waals surface area contributed by atoms with Crippen molar-refractivity contribution in [2.75, 3.05) is 17.7 Å². The number of thioether (sulfide) groups is 1. The fraction of sp³-hybridized carbons (Fsp3) is 0.111. The summed E-state index contributed by atoms with van der Waals surface area (Å²) in [6.07, 6.45) is 3.44. The summed E-state index contributed by atoms with van der Waals surface area (Å²) in [5.41, 5.74) is 2.63. The average molecular weight is 336 g/mol. The van der Waals surface area contributed by atoms with Crippen LogP contribution < -0.4 is 4.90 Å². The first kappa shape index (κ1) is 16.1. The minimum Gasteiger partial charge on any atom is -0.315 e. The van der Waals surface area contributed by atoms with Crippen LogP contribution in [0.2, 0.25) is 0 Å². The molecule has 120 valence electrons. The van der Waals surface area contributed by atoms with E-state index in [4.69, 9.17) is 0 Å². The molecule has 24 heavy (non-hydrogen) atoms. The molecule has 0 bridgehead atoms. The zero-order chi connectivity index (χ0) is 16.8. The Morgan fingerprint density at radius 1 is 1.00 bits per heavy atom. The first-order valence-electron chi connectivity index (χ1n) is 7.42. The van der Waals surface area contributed by atoms with Gasteiger partial charge in [0.05, 0.1) is 11.4 Å². The van der Waals surface area contributed by atoms with Crippen LogP contribution in [-0.2, 0) is 4.79 Å². The van der Waals surface area contributed by atoms with Crippen molar-refractivity contribution in [3.8, 4) is 11.3 Å². The number of carbonyl (C=O) groups excluding carboxylic acids is 1. The SMILES string of the molecule is CN(C(=O)CSc1ccc(-c2ccncc2)nn1)c1ccccc1. The van der Waals surface area contributed by atoms with E-state index in [1.807, 2.05) is 54.6 Å². The molecular formula is C18H16N4OS. The van der Waals surface area contributed by atoms with Gasteiger partial charge in [0.25, 0.3) is 0 Å². The topological polar surface area (TPSA) is 59.0 Å². The Hall–Kier alpha value is -2.73. The standard InChI is InChI=1S/C18H16N4OS/c1-22(15-5-3-2-4-6-15)18(23)13-24-17-8-7-16(20-21-17)14-9-11-19-12-10-14/h2-12H,13H2,1H3. The normalized spacial score (nSPS) is 10.4. The van der Waals surface area contributed by atoms with Crippen molar-refractivity contribution in [3.05, 3.63) is 67.0 Å². The lowest BCUT2D eigenvalue weighted by Gasteiger charge is -2.16. The molecule has 1 aromatic carbocycles. The van der Waals surface area contributed by atoms with Gasteiger partial charge in [-0.15, -0.1) is 10.2 Å². The van der Waals surface area contributed by atoms with Gasteiger partial charge in [0.15, 0.2) is 0 Å². The van der Waals surface area contributed by atoms with Crippen molar-refractivity contribution in [2.45, 2.75) is 5.03 Å². The Morgan fingerprint density at radius 2 is 1.75 bits per heavy atom. The molecule has 0 aliphatic heterocycles. The third kappa shape index (κ3) is 3.97. The number of pyridine rings is 1. The van der Waals surface area contributed by atoms with Crippen LogP contribution in [0.5, 0.6) is 0 Å². The zero-order valence-electron chi connectivity index (χ0n) is 13.2. The van der Waals surface area contributed by atoms with Crippen molar-refractivity contribution in [1.29, 1.82) is 0 Å². The number of hydrogen-bond acceptors (Lipinski definition) is 5. The second-order valence-corrected chi connectivity index (χ2v) is 6.07. The quantitative estimate of drug-likeness (QED) is 0.669. The highest BCUT2D eigenvalue weighted by Gasteiger charge is 2.11. The van der Waals surface area contributed by atoms with E-state index >= 15 is 0 Å². The van der Waals surface area contributed by atoms with E-state index in [0.717, 1.165) is 22.0 Å². The molecule has 1 amide bonds. The Balaban J connectivity index is 1.60. The minimum absolute atomic E-state index is 0.0196. The van der Waals surface area contributed by atoms with Gasteiger partial charge in [0.1, 0.15) is 5.03 Å². The summed E-state index contributed by atoms with van der Waals surface area (Å²) in [5, 5.41) is 9.11. The van der Waals surface area contributed by atoms with Crippen molar-refractivity contribution in [3.63, 3.8) is 0 Å². The van der Waals surface area contributed by atoms with Gasteiger partial charge in [-0.1, -0.05) is 30.0 Å². The van der Waals surface area contributed by atoms with Gasteiger partial charge in [-0.2, -0.15) is 0 Å². The molecule has 0 saturated heterocycles. The van der Waals surface area contributed by atoms with E-state index in [0.29, 0.717) is 5.75 Å². The smallest absolute Gasteiger partial charge is 0.237 e. The van der Waals surface area contributed by atoms with Crippen LogP contribution in [0.25, 0.3) is 11.3 Å². The third-order valence-electron chi connectivity index (χ3n) is 3.48. The zero-order valence-corrected chi connectivity index (χ0v) is 14.0. The van der Waals surface area contributed by atoms with E-state index in [2.05, 4.69) is 15.2 Å². The highest BCUT2D eigenvalue weighted by molar-refractivity contribution is 7.99. The van der Waals surface area contributed by atoms with Crippen LogP contribution in [0.3, 0.4) is 0 Å². The number of anilines is 1. The van der Waals surface area contributed by atoms with Crippen LogP contribution in [0.4, 0.5) is 5.69 Å². The van der Waals surface area contributed by atoms with E-state index in [9.17, 15) is 4.79 Å². The van der Waals surface area contributed by atoms with Crippen LogP contribution >= 0.6 is 11.8 Å². The predicted octanol–water partition coefficient (Wildman–Crippen LogP) is 3.29. The number of rotatable bonds is 5. The summed E-state index contributed by atoms with van der Waals surface area (Å²) in [5.74, 6) is 0.334. The van der Waals surface area contributed by atoms with Gasteiger partial charge in [-0.3, -0.25) is 9.78 Å². The Kier molecular flexibility index (Phi) is 5.18. The molecule has 0 fully saturated rings. The number of para-hydroxylation sites is 1. The average Bonchev–Trinajstić information content (AvgIpc) is 2.67. The van der Waals surface area contributed by atoms with Crippen LogP contribution in [0.15, 0.2) is 72.0 Å². The second-order valence-electron chi connectivity index (χ2n) is 5.07. The molecule has 2 aromatic heterocycles. The summed E-state index contributed by atoms with van der Waals surface area (Å²) < 4.78 is 0. The van der Waals surface area contributed by atoms with E-state index in [1.165, 1.54) is 11.8 Å². The number of aromatic nitrogens is 3. The highest BCUT2D eigenvalue weighted by Crippen LogP contribution is 2.20. The number of benzene rings is 1. The van der Waals surface area contributed by atoms with Gasteiger partial charge in [-0.25, -0.2) is 0 Å². The molecule has 0 atom stereocenters. The van der Waals surface area contributed by atoms with Crippen molar-refractivity contribution >= 4 is 23.4 Å². The van der Waals surface area contributed by atoms with Crippen LogP contribution in [-0.4, -0.2) is 33.9 Å². The molecule has 5 nitrogen and oxygen atoms in total. The molecule has 0 saturated carbocycles. The fourth-order valence-electron chi connectivity index (χ4n) is 2.10. The minimum atomic E-state index is 0.0196.